The Bertz CT molecular complexity index is 1970. The molecule has 0 aliphatic heterocycles. The number of nitro groups is 4. The highest BCUT2D eigenvalue weighted by atomic mass is 32.2. The summed E-state index contributed by atoms with van der Waals surface area (Å²) < 4.78 is 57.4. The van der Waals surface area contributed by atoms with E-state index in [1.54, 1.807) is 60.7 Å². The molecule has 0 aromatic heterocycles. The van der Waals surface area contributed by atoms with Crippen molar-refractivity contribution < 1.29 is 36.5 Å². The summed E-state index contributed by atoms with van der Waals surface area (Å²) in [6.07, 6.45) is -0.236. The fraction of sp³-hybridized carbons (Fsp3) is 0.172. The molecular weight excluding hydrogens is 688 g/mol. The van der Waals surface area contributed by atoms with Crippen molar-refractivity contribution in [2.45, 2.75) is 29.3 Å². The average molecular weight is 715 g/mol. The number of nitrogens with zero attached hydrogens (tertiary/aromatic N) is 6. The molecule has 18 nitrogen and oxygen atoms in total. The van der Waals surface area contributed by atoms with Gasteiger partial charge in [0.2, 0.25) is 20.0 Å². The molecule has 0 bridgehead atoms. The lowest BCUT2D eigenvalue weighted by Gasteiger charge is -2.25. The number of nitro benzene ring substituents is 4. The third kappa shape index (κ3) is 8.43. The van der Waals surface area contributed by atoms with Gasteiger partial charge in [0.1, 0.15) is 0 Å². The molecule has 0 unspecified atom stereocenters. The summed E-state index contributed by atoms with van der Waals surface area (Å²) in [5, 5.41) is 46.1. The van der Waals surface area contributed by atoms with E-state index in [1.165, 1.54) is 0 Å². The summed E-state index contributed by atoms with van der Waals surface area (Å²) in [6, 6.07) is 20.4. The van der Waals surface area contributed by atoms with Crippen LogP contribution in [0.3, 0.4) is 0 Å². The zero-order chi connectivity index (χ0) is 35.9. The standard InChI is InChI=1S/C29H26N6O12S2/c36-32(37)24-12-14-28(26(18-24)34(40)41)48(44,45)30(20-22-8-3-1-4-9-22)16-7-17-31(21-23-10-5-2-6-11-23)49(46,47)29-15-13-25(33(38)39)19-27(29)35(42)43/h1-6,8-15,18-19H,7,16-17,20-21H2. The van der Waals surface area contributed by atoms with E-state index in [9.17, 15) is 57.3 Å². The van der Waals surface area contributed by atoms with Crippen molar-refractivity contribution in [3.63, 3.8) is 0 Å². The van der Waals surface area contributed by atoms with Crippen LogP contribution < -0.4 is 0 Å². The zero-order valence-corrected chi connectivity index (χ0v) is 26.8. The van der Waals surface area contributed by atoms with Crippen LogP contribution in [0, 0.1) is 40.5 Å². The molecule has 0 saturated carbocycles. The SMILES string of the molecule is O=[N+]([O-])c1ccc(S(=O)(=O)N(CCCN(Cc2ccccc2)S(=O)(=O)c2ccc([N+](=O)[O-])cc2[N+](=O)[O-])Cc2ccccc2)c([N+](=O)[O-])c1. The van der Waals surface area contributed by atoms with E-state index in [4.69, 9.17) is 0 Å². The third-order valence-corrected chi connectivity index (χ3v) is 10.9. The number of rotatable bonds is 16. The maximum absolute atomic E-state index is 13.9. The lowest BCUT2D eigenvalue weighted by Crippen LogP contribution is -2.36. The normalized spacial score (nSPS) is 11.8. The van der Waals surface area contributed by atoms with Crippen LogP contribution in [-0.2, 0) is 33.1 Å². The Morgan fingerprint density at radius 3 is 1.14 bits per heavy atom. The molecule has 0 N–H and O–H groups in total. The van der Waals surface area contributed by atoms with Gasteiger partial charge in [-0.25, -0.2) is 16.8 Å². The number of sulfonamides is 2. The Balaban J connectivity index is 1.73. The van der Waals surface area contributed by atoms with Crippen molar-refractivity contribution >= 4 is 42.8 Å². The highest BCUT2D eigenvalue weighted by Crippen LogP contribution is 2.33. The number of non-ortho nitro benzene ring substituents is 2. The molecule has 0 amide bonds. The highest BCUT2D eigenvalue weighted by Gasteiger charge is 2.36. The monoisotopic (exact) mass is 714 g/mol. The van der Waals surface area contributed by atoms with Crippen molar-refractivity contribution in [2.75, 3.05) is 13.1 Å². The molecule has 4 aromatic carbocycles. The predicted octanol–water partition coefficient (Wildman–Crippen LogP) is 4.79. The summed E-state index contributed by atoms with van der Waals surface area (Å²) in [5.41, 5.74) is -2.56. The van der Waals surface area contributed by atoms with Gasteiger partial charge in [0.05, 0.1) is 31.8 Å². The molecule has 0 heterocycles. The topological polar surface area (TPSA) is 247 Å². The lowest BCUT2D eigenvalue weighted by molar-refractivity contribution is -0.396. The summed E-state index contributed by atoms with van der Waals surface area (Å²) in [4.78, 5) is 40.5. The minimum atomic E-state index is -4.74. The van der Waals surface area contributed by atoms with Crippen LogP contribution in [0.1, 0.15) is 17.5 Å². The predicted molar refractivity (Wildman–Crippen MR) is 172 cm³/mol. The summed E-state index contributed by atoms with van der Waals surface area (Å²) >= 11 is 0. The van der Waals surface area contributed by atoms with Gasteiger partial charge in [0.15, 0.2) is 9.79 Å². The largest absolute Gasteiger partial charge is 0.296 e. The molecule has 4 aromatic rings. The Kier molecular flexibility index (Phi) is 11.1. The Labute approximate surface area is 278 Å². The van der Waals surface area contributed by atoms with Crippen molar-refractivity contribution in [3.8, 4) is 0 Å². The molecule has 0 radical (unpaired) electrons. The van der Waals surface area contributed by atoms with Gasteiger partial charge < -0.3 is 0 Å². The van der Waals surface area contributed by atoms with Crippen molar-refractivity contribution in [3.05, 3.63) is 149 Å². The first-order valence-corrected chi connectivity index (χ1v) is 16.9. The van der Waals surface area contributed by atoms with E-state index < -0.39 is 85.4 Å². The maximum atomic E-state index is 13.9. The van der Waals surface area contributed by atoms with E-state index in [2.05, 4.69) is 0 Å². The molecule has 49 heavy (non-hydrogen) atoms. The molecule has 20 heteroatoms. The van der Waals surface area contributed by atoms with E-state index in [-0.39, 0.29) is 19.5 Å². The molecule has 0 fully saturated rings. The van der Waals surface area contributed by atoms with Gasteiger partial charge in [-0.05, 0) is 29.7 Å². The Morgan fingerprint density at radius 2 is 0.837 bits per heavy atom. The van der Waals surface area contributed by atoms with E-state index >= 15 is 0 Å². The molecule has 0 saturated heterocycles. The highest BCUT2D eigenvalue weighted by molar-refractivity contribution is 7.89. The molecule has 0 aliphatic carbocycles. The van der Waals surface area contributed by atoms with Crippen molar-refractivity contribution in [1.29, 1.82) is 0 Å². The van der Waals surface area contributed by atoms with Crippen molar-refractivity contribution in [2.24, 2.45) is 0 Å². The van der Waals surface area contributed by atoms with Gasteiger partial charge >= 0.3 is 0 Å². The zero-order valence-electron chi connectivity index (χ0n) is 25.2. The number of hydrogen-bond donors (Lipinski definition) is 0. The van der Waals surface area contributed by atoms with Gasteiger partial charge in [-0.3, -0.25) is 40.5 Å². The second-order valence-electron chi connectivity index (χ2n) is 10.3. The minimum Gasteiger partial charge on any atom is -0.258 e. The molecule has 0 spiro atoms. The average Bonchev–Trinajstić information content (AvgIpc) is 3.07. The number of hydrogen-bond acceptors (Lipinski definition) is 12. The quantitative estimate of drug-likeness (QED) is 0.112. The van der Waals surface area contributed by atoms with Crippen LogP contribution in [0.2, 0.25) is 0 Å². The van der Waals surface area contributed by atoms with E-state index in [0.717, 1.165) is 32.9 Å². The van der Waals surface area contributed by atoms with Gasteiger partial charge in [-0.1, -0.05) is 60.7 Å². The van der Waals surface area contributed by atoms with E-state index in [1.807, 2.05) is 0 Å². The first kappa shape index (κ1) is 36.1. The number of benzene rings is 4. The van der Waals surface area contributed by atoms with E-state index in [0.29, 0.717) is 23.3 Å². The fourth-order valence-corrected chi connectivity index (χ4v) is 8.01. The molecule has 4 rings (SSSR count). The van der Waals surface area contributed by atoms with Gasteiger partial charge in [-0.15, -0.1) is 0 Å². The molecule has 256 valence electrons. The van der Waals surface area contributed by atoms with Crippen LogP contribution in [0.5, 0.6) is 0 Å². The Hall–Kier alpha value is -5.70. The first-order chi connectivity index (χ1) is 23.1. The van der Waals surface area contributed by atoms with Crippen LogP contribution >= 0.6 is 0 Å². The smallest absolute Gasteiger partial charge is 0.258 e. The maximum Gasteiger partial charge on any atom is 0.296 e. The molecular formula is C29H26N6O12S2. The molecule has 0 aliphatic rings. The lowest BCUT2D eigenvalue weighted by atomic mass is 10.2. The second-order valence-corrected chi connectivity index (χ2v) is 14.1. The molecule has 0 atom stereocenters. The van der Waals surface area contributed by atoms with Crippen molar-refractivity contribution in [1.82, 2.24) is 8.61 Å². The third-order valence-electron chi connectivity index (χ3n) is 7.15. The van der Waals surface area contributed by atoms with Gasteiger partial charge in [0, 0.05) is 38.3 Å². The van der Waals surface area contributed by atoms with Gasteiger partial charge in [0.25, 0.3) is 22.7 Å². The minimum absolute atomic E-state index is 0.236. The summed E-state index contributed by atoms with van der Waals surface area (Å²) in [5.74, 6) is 0. The van der Waals surface area contributed by atoms with Crippen LogP contribution in [-0.4, -0.2) is 58.2 Å². The first-order valence-electron chi connectivity index (χ1n) is 14.1. The second kappa shape index (κ2) is 15.0. The fourth-order valence-electron chi connectivity index (χ4n) is 4.80. The summed E-state index contributed by atoms with van der Waals surface area (Å²) in [7, 11) is -9.49. The van der Waals surface area contributed by atoms with Crippen LogP contribution in [0.25, 0.3) is 0 Å². The van der Waals surface area contributed by atoms with Crippen LogP contribution in [0.15, 0.2) is 107 Å². The van der Waals surface area contributed by atoms with Crippen LogP contribution in [0.4, 0.5) is 22.7 Å². The van der Waals surface area contributed by atoms with Gasteiger partial charge in [-0.2, -0.15) is 8.61 Å². The Morgan fingerprint density at radius 1 is 0.490 bits per heavy atom. The summed E-state index contributed by atoms with van der Waals surface area (Å²) in [6.45, 7) is -1.49.